The Hall–Kier alpha value is -4.94. The molecule has 0 aliphatic carbocycles. The van der Waals surface area contributed by atoms with E-state index in [0.29, 0.717) is 39.5 Å². The molecule has 0 heterocycles. The van der Waals surface area contributed by atoms with Crippen molar-refractivity contribution in [2.45, 2.75) is 133 Å². The second-order valence-electron chi connectivity index (χ2n) is 15.0. The van der Waals surface area contributed by atoms with Gasteiger partial charge in [-0.25, -0.2) is 19.2 Å². The van der Waals surface area contributed by atoms with E-state index in [9.17, 15) is 82.3 Å². The zero-order chi connectivity index (χ0) is 52.9. The van der Waals surface area contributed by atoms with E-state index in [2.05, 4.69) is 28.4 Å². The summed E-state index contributed by atoms with van der Waals surface area (Å²) in [6.07, 6.45) is -7.70. The van der Waals surface area contributed by atoms with Crippen LogP contribution in [-0.2, 0) is 76.3 Å². The number of esters is 8. The van der Waals surface area contributed by atoms with Crippen molar-refractivity contribution in [3.63, 3.8) is 0 Å². The predicted octanol–water partition coefficient (Wildman–Crippen LogP) is 7.69. The Labute approximate surface area is 376 Å². The summed E-state index contributed by atoms with van der Waals surface area (Å²) in [4.78, 5) is 86.6. The quantitative estimate of drug-likeness (QED) is 0.0440. The van der Waals surface area contributed by atoms with E-state index < -0.39 is 96.0 Å². The number of hydrogen-bond donors (Lipinski definition) is 0. The minimum absolute atomic E-state index is 0.203. The minimum Gasteiger partial charge on any atom is -0.462 e. The van der Waals surface area contributed by atoms with Gasteiger partial charge in [0, 0.05) is 13.8 Å². The van der Waals surface area contributed by atoms with Crippen LogP contribution in [0.15, 0.2) is 0 Å². The summed E-state index contributed by atoms with van der Waals surface area (Å²) in [6, 6.07) is 0. The molecule has 0 aliphatic heterocycles. The lowest BCUT2D eigenvalue weighted by molar-refractivity contribution is -0.201. The van der Waals surface area contributed by atoms with Crippen molar-refractivity contribution < 1.29 is 120 Å². The van der Waals surface area contributed by atoms with E-state index >= 15 is 0 Å². The maximum Gasteiger partial charge on any atom is 0.490 e. The molecule has 0 saturated heterocycles. The lowest BCUT2D eigenvalue weighted by Gasteiger charge is -2.20. The van der Waals surface area contributed by atoms with Crippen molar-refractivity contribution >= 4 is 47.8 Å². The number of ether oxygens (including phenoxy) is 8. The first-order valence-electron chi connectivity index (χ1n) is 20.0. The molecule has 0 bridgehead atoms. The first-order valence-corrected chi connectivity index (χ1v) is 20.0. The van der Waals surface area contributed by atoms with Gasteiger partial charge in [-0.2, -0.15) is 43.9 Å². The van der Waals surface area contributed by atoms with Crippen LogP contribution >= 0.6 is 0 Å². The molecule has 0 aliphatic rings. The third-order valence-corrected chi connectivity index (χ3v) is 8.30. The lowest BCUT2D eigenvalue weighted by atomic mass is 9.91. The van der Waals surface area contributed by atoms with E-state index in [1.165, 1.54) is 0 Å². The van der Waals surface area contributed by atoms with E-state index in [1.807, 2.05) is 13.8 Å². The second-order valence-corrected chi connectivity index (χ2v) is 15.0. The largest absolute Gasteiger partial charge is 0.490 e. The van der Waals surface area contributed by atoms with Gasteiger partial charge >= 0.3 is 72.0 Å². The van der Waals surface area contributed by atoms with Gasteiger partial charge in [-0.05, 0) is 53.4 Å². The average molecular weight is 989 g/mol. The molecule has 0 spiro atoms. The molecule has 16 nitrogen and oxygen atoms in total. The highest BCUT2D eigenvalue weighted by atomic mass is 19.4. The third kappa shape index (κ3) is 33.5. The molecule has 0 rings (SSSR count). The van der Waals surface area contributed by atoms with E-state index in [-0.39, 0.29) is 51.5 Å². The first-order chi connectivity index (χ1) is 29.8. The Balaban J connectivity index is -0.000000388. The smallest absolute Gasteiger partial charge is 0.462 e. The molecule has 0 radical (unpaired) electrons. The molecule has 26 heteroatoms. The summed E-state index contributed by atoms with van der Waals surface area (Å²) in [5.74, 6) is -17.4. The van der Waals surface area contributed by atoms with Crippen LogP contribution in [-0.4, -0.2) is 125 Å². The van der Waals surface area contributed by atoms with E-state index in [0.717, 1.165) is 0 Å². The third-order valence-electron chi connectivity index (χ3n) is 8.30. The predicted molar refractivity (Wildman–Crippen MR) is 208 cm³/mol. The number of rotatable bonds is 22. The van der Waals surface area contributed by atoms with Crippen LogP contribution in [0.3, 0.4) is 0 Å². The molecule has 388 valence electrons. The highest BCUT2D eigenvalue weighted by molar-refractivity contribution is 5.78. The number of carbonyl (C=O) groups is 8. The lowest BCUT2D eigenvalue weighted by Crippen LogP contribution is -2.30. The van der Waals surface area contributed by atoms with Gasteiger partial charge in [-0.1, -0.05) is 41.5 Å². The summed E-state index contributed by atoms with van der Waals surface area (Å²) in [5.41, 5.74) is -1.33. The van der Waals surface area contributed by atoms with Gasteiger partial charge in [0.2, 0.25) is 0 Å². The Morgan fingerprint density at radius 2 is 0.545 bits per heavy atom. The zero-order valence-corrected chi connectivity index (χ0v) is 39.0. The molecule has 0 fully saturated rings. The molecule has 0 amide bonds. The summed E-state index contributed by atoms with van der Waals surface area (Å²) in [6.45, 7) is 15.0. The van der Waals surface area contributed by atoms with Gasteiger partial charge in [0.1, 0.15) is 52.9 Å². The van der Waals surface area contributed by atoms with Gasteiger partial charge in [-0.3, -0.25) is 19.2 Å². The van der Waals surface area contributed by atoms with Crippen molar-refractivity contribution in [2.24, 2.45) is 22.7 Å². The Bertz CT molecular complexity index is 1390. The molecule has 2 atom stereocenters. The van der Waals surface area contributed by atoms with Gasteiger partial charge < -0.3 is 37.9 Å². The van der Waals surface area contributed by atoms with Gasteiger partial charge in [0.15, 0.2) is 0 Å². The fourth-order valence-electron chi connectivity index (χ4n) is 2.81. The summed E-state index contributed by atoms with van der Waals surface area (Å²) < 4.78 is 154. The molecular weight excluding hydrogens is 926 g/mol. The van der Waals surface area contributed by atoms with Crippen molar-refractivity contribution in [3.05, 3.63) is 0 Å². The van der Waals surface area contributed by atoms with Crippen molar-refractivity contribution in [1.29, 1.82) is 0 Å². The summed E-state index contributed by atoms with van der Waals surface area (Å²) in [7, 11) is 0. The van der Waals surface area contributed by atoms with Crippen LogP contribution in [0.4, 0.5) is 43.9 Å². The van der Waals surface area contributed by atoms with E-state index in [1.54, 1.807) is 55.4 Å². The number of hydrogen-bond acceptors (Lipinski definition) is 16. The monoisotopic (exact) mass is 988 g/mol. The molecule has 66 heavy (non-hydrogen) atoms. The molecule has 2 unspecified atom stereocenters. The van der Waals surface area contributed by atoms with Gasteiger partial charge in [0.25, 0.3) is 0 Å². The average Bonchev–Trinajstić information content (AvgIpc) is 3.21. The Morgan fingerprint density at radius 1 is 0.348 bits per heavy atom. The molecule has 0 aromatic rings. The Kier molecular flexibility index (Phi) is 32.7. The van der Waals surface area contributed by atoms with Crippen LogP contribution in [0.1, 0.15) is 109 Å². The zero-order valence-electron chi connectivity index (χ0n) is 39.0. The molecule has 0 aromatic carbocycles. The summed E-state index contributed by atoms with van der Waals surface area (Å²) >= 11 is 0. The topological polar surface area (TPSA) is 210 Å². The van der Waals surface area contributed by atoms with Gasteiger partial charge in [0.05, 0.1) is 22.7 Å². The highest BCUT2D eigenvalue weighted by Crippen LogP contribution is 2.23. The summed E-state index contributed by atoms with van der Waals surface area (Å²) in [5, 5.41) is 0. The highest BCUT2D eigenvalue weighted by Gasteiger charge is 2.42. The van der Waals surface area contributed by atoms with Crippen molar-refractivity contribution in [3.8, 4) is 0 Å². The van der Waals surface area contributed by atoms with E-state index in [4.69, 9.17) is 9.47 Å². The minimum atomic E-state index is -5.02. The molecule has 0 saturated carbocycles. The molecule has 0 aromatic heterocycles. The molecular formula is C40H62F10O16. The first kappa shape index (κ1) is 67.6. The van der Waals surface area contributed by atoms with Crippen LogP contribution in [0.2, 0.25) is 0 Å². The number of alkyl halides is 10. The second kappa shape index (κ2) is 31.9. The normalized spacial score (nSPS) is 12.6. The van der Waals surface area contributed by atoms with Crippen LogP contribution in [0.5, 0.6) is 0 Å². The maximum atomic E-state index is 12.4. The standard InChI is InChI=1S/C11H18F2O4.C10H15F3O4.C10H16F2O4.C9H13F3O4/c1-5-10(2,3)8(14)16-6-7-17-9(15)11(4,12)13;1-4-9(2,3)7(14)16-5-6-17-8(15)10(11,12)13;1-4-7(2)8(13)15-5-6-16-9(14)10(3,11)12;1-3-6(2)7(13)15-4-5-16-8(14)9(10,11)12/h5-7H2,1-4H3;4-6H2,1-3H3;7H,4-6H2,1-3H3;6H,3-5H2,1-2H3. The van der Waals surface area contributed by atoms with Crippen LogP contribution in [0.25, 0.3) is 0 Å². The fraction of sp³-hybridized carbons (Fsp3) is 0.800. The molecule has 0 N–H and O–H groups in total. The fourth-order valence-corrected chi connectivity index (χ4v) is 2.81. The van der Waals surface area contributed by atoms with Crippen molar-refractivity contribution in [1.82, 2.24) is 0 Å². The van der Waals surface area contributed by atoms with Crippen molar-refractivity contribution in [2.75, 3.05) is 52.9 Å². The van der Waals surface area contributed by atoms with Crippen LogP contribution in [0, 0.1) is 22.7 Å². The number of carbonyl (C=O) groups excluding carboxylic acids is 8. The van der Waals surface area contributed by atoms with Crippen LogP contribution < -0.4 is 0 Å². The maximum absolute atomic E-state index is 12.4. The SMILES string of the molecule is CCC(C)(C)C(=O)OCCOC(=O)C(C)(F)F.CCC(C)(C)C(=O)OCCOC(=O)C(F)(F)F.CCC(C)C(=O)OCCOC(=O)C(C)(F)F.CCC(C)C(=O)OCCOC(=O)C(F)(F)F. The number of halogens is 10. The van der Waals surface area contributed by atoms with Gasteiger partial charge in [-0.15, -0.1) is 0 Å². The Morgan fingerprint density at radius 3 is 0.727 bits per heavy atom.